The third-order valence-electron chi connectivity index (χ3n) is 4.34. The summed E-state index contributed by atoms with van der Waals surface area (Å²) in [6.07, 6.45) is 3.58. The van der Waals surface area contributed by atoms with E-state index < -0.39 is 5.97 Å². The molecular weight excluding hydrogens is 364 g/mol. The smallest absolute Gasteiger partial charge is 0.371 e. The van der Waals surface area contributed by atoms with E-state index in [4.69, 9.17) is 9.47 Å². The Labute approximate surface area is 171 Å². The standard InChI is InChI=1S/C25H24O4/c1-2-3-17-28-22-13-15-23(16-14-22)29-24(25(26)27)18-19-9-11-21(12-10-19)20-7-5-4-6-8-20/h4-16,18H,2-3,17H2,1H3,(H,26,27). The van der Waals surface area contributed by atoms with E-state index in [1.807, 2.05) is 54.6 Å². The lowest BCUT2D eigenvalue weighted by molar-refractivity contribution is -0.134. The van der Waals surface area contributed by atoms with E-state index in [0.29, 0.717) is 12.4 Å². The highest BCUT2D eigenvalue weighted by atomic mass is 16.5. The molecule has 0 radical (unpaired) electrons. The van der Waals surface area contributed by atoms with Gasteiger partial charge in [0, 0.05) is 0 Å². The largest absolute Gasteiger partial charge is 0.494 e. The minimum absolute atomic E-state index is 0.142. The highest BCUT2D eigenvalue weighted by molar-refractivity contribution is 5.90. The van der Waals surface area contributed by atoms with Crippen LogP contribution in [0.25, 0.3) is 17.2 Å². The van der Waals surface area contributed by atoms with E-state index in [1.54, 1.807) is 24.3 Å². The molecule has 0 aliphatic heterocycles. The lowest BCUT2D eigenvalue weighted by Crippen LogP contribution is -2.07. The molecule has 148 valence electrons. The molecule has 0 fully saturated rings. The molecule has 0 spiro atoms. The van der Waals surface area contributed by atoms with Crippen molar-refractivity contribution in [1.82, 2.24) is 0 Å². The van der Waals surface area contributed by atoms with Crippen molar-refractivity contribution in [2.24, 2.45) is 0 Å². The molecule has 0 saturated carbocycles. The van der Waals surface area contributed by atoms with Gasteiger partial charge in [0.1, 0.15) is 11.5 Å². The number of hydrogen-bond acceptors (Lipinski definition) is 3. The summed E-state index contributed by atoms with van der Waals surface area (Å²) in [5.41, 5.74) is 2.93. The van der Waals surface area contributed by atoms with Gasteiger partial charge in [-0.2, -0.15) is 0 Å². The summed E-state index contributed by atoms with van der Waals surface area (Å²) in [5, 5.41) is 9.51. The second-order valence-electron chi connectivity index (χ2n) is 6.58. The summed E-state index contributed by atoms with van der Waals surface area (Å²) in [7, 11) is 0. The van der Waals surface area contributed by atoms with Gasteiger partial charge in [0.15, 0.2) is 0 Å². The summed E-state index contributed by atoms with van der Waals surface area (Å²) in [6, 6.07) is 24.6. The molecule has 4 nitrogen and oxygen atoms in total. The number of ether oxygens (including phenoxy) is 2. The molecule has 0 aromatic heterocycles. The Bertz CT molecular complexity index is 942. The number of hydrogen-bond donors (Lipinski definition) is 1. The average molecular weight is 388 g/mol. The van der Waals surface area contributed by atoms with Crippen molar-refractivity contribution in [2.45, 2.75) is 19.8 Å². The number of rotatable bonds is 9. The van der Waals surface area contributed by atoms with Crippen molar-refractivity contribution >= 4 is 12.0 Å². The third kappa shape index (κ3) is 5.98. The number of carboxylic acid groups (broad SMARTS) is 1. The first-order valence-electron chi connectivity index (χ1n) is 9.67. The molecule has 0 aliphatic carbocycles. The summed E-state index contributed by atoms with van der Waals surface area (Å²) >= 11 is 0. The molecule has 0 heterocycles. The fraction of sp³-hybridized carbons (Fsp3) is 0.160. The van der Waals surface area contributed by atoms with Crippen LogP contribution in [-0.4, -0.2) is 17.7 Å². The van der Waals surface area contributed by atoms with Crippen molar-refractivity contribution in [3.05, 3.63) is 90.2 Å². The fourth-order valence-corrected chi connectivity index (χ4v) is 2.75. The van der Waals surface area contributed by atoms with Gasteiger partial charge in [0.25, 0.3) is 0 Å². The van der Waals surface area contributed by atoms with Crippen molar-refractivity contribution in [3.63, 3.8) is 0 Å². The third-order valence-corrected chi connectivity index (χ3v) is 4.34. The van der Waals surface area contributed by atoms with Gasteiger partial charge in [0.05, 0.1) is 6.61 Å². The van der Waals surface area contributed by atoms with Gasteiger partial charge < -0.3 is 14.6 Å². The zero-order chi connectivity index (χ0) is 20.5. The van der Waals surface area contributed by atoms with Gasteiger partial charge >= 0.3 is 5.97 Å². The maximum absolute atomic E-state index is 11.6. The molecule has 4 heteroatoms. The van der Waals surface area contributed by atoms with Crippen molar-refractivity contribution < 1.29 is 19.4 Å². The Morgan fingerprint density at radius 1 is 0.862 bits per heavy atom. The number of aliphatic carboxylic acids is 1. The second-order valence-corrected chi connectivity index (χ2v) is 6.58. The van der Waals surface area contributed by atoms with Crippen LogP contribution in [0.1, 0.15) is 25.3 Å². The van der Waals surface area contributed by atoms with Crippen molar-refractivity contribution in [3.8, 4) is 22.6 Å². The molecule has 0 amide bonds. The molecule has 0 atom stereocenters. The summed E-state index contributed by atoms with van der Waals surface area (Å²) in [4.78, 5) is 11.6. The van der Waals surface area contributed by atoms with E-state index >= 15 is 0 Å². The topological polar surface area (TPSA) is 55.8 Å². The van der Waals surface area contributed by atoms with Crippen LogP contribution in [0.2, 0.25) is 0 Å². The van der Waals surface area contributed by atoms with Crippen molar-refractivity contribution in [2.75, 3.05) is 6.61 Å². The van der Waals surface area contributed by atoms with Gasteiger partial charge in [-0.1, -0.05) is 67.9 Å². The fourth-order valence-electron chi connectivity index (χ4n) is 2.75. The van der Waals surface area contributed by atoms with Crippen LogP contribution in [0, 0.1) is 0 Å². The maximum atomic E-state index is 11.6. The van der Waals surface area contributed by atoms with E-state index in [1.165, 1.54) is 6.08 Å². The molecule has 0 bridgehead atoms. The second kappa shape index (κ2) is 10.1. The van der Waals surface area contributed by atoms with Gasteiger partial charge in [-0.05, 0) is 53.5 Å². The Kier molecular flexibility index (Phi) is 7.06. The molecule has 3 aromatic rings. The van der Waals surface area contributed by atoms with Crippen LogP contribution in [-0.2, 0) is 4.79 Å². The van der Waals surface area contributed by atoms with Gasteiger partial charge in [-0.15, -0.1) is 0 Å². The van der Waals surface area contributed by atoms with Gasteiger partial charge in [-0.3, -0.25) is 0 Å². The van der Waals surface area contributed by atoms with Gasteiger partial charge in [0.2, 0.25) is 5.76 Å². The van der Waals surface area contributed by atoms with Gasteiger partial charge in [-0.25, -0.2) is 4.79 Å². The van der Waals surface area contributed by atoms with E-state index in [9.17, 15) is 9.90 Å². The van der Waals surface area contributed by atoms with Crippen LogP contribution >= 0.6 is 0 Å². The highest BCUT2D eigenvalue weighted by Gasteiger charge is 2.11. The predicted molar refractivity (Wildman–Crippen MR) is 115 cm³/mol. The molecule has 0 unspecified atom stereocenters. The van der Waals surface area contributed by atoms with E-state index in [2.05, 4.69) is 6.92 Å². The van der Waals surface area contributed by atoms with Crippen LogP contribution < -0.4 is 9.47 Å². The number of carbonyl (C=O) groups is 1. The Balaban J connectivity index is 1.71. The lowest BCUT2D eigenvalue weighted by atomic mass is 10.0. The number of carboxylic acids is 1. The molecular formula is C25H24O4. The lowest BCUT2D eigenvalue weighted by Gasteiger charge is -2.09. The molecule has 0 saturated heterocycles. The molecule has 3 rings (SSSR count). The predicted octanol–water partition coefficient (Wildman–Crippen LogP) is 6.04. The number of benzene rings is 3. The molecule has 29 heavy (non-hydrogen) atoms. The first-order valence-corrected chi connectivity index (χ1v) is 9.67. The zero-order valence-corrected chi connectivity index (χ0v) is 16.4. The quantitative estimate of drug-likeness (QED) is 0.276. The summed E-state index contributed by atoms with van der Waals surface area (Å²) in [5.74, 6) is -0.0805. The van der Waals surface area contributed by atoms with Crippen LogP contribution in [0.3, 0.4) is 0 Å². The zero-order valence-electron chi connectivity index (χ0n) is 16.4. The average Bonchev–Trinajstić information content (AvgIpc) is 2.76. The normalized spacial score (nSPS) is 11.1. The van der Waals surface area contributed by atoms with E-state index in [0.717, 1.165) is 35.3 Å². The first kappa shape index (κ1) is 20.2. The minimum atomic E-state index is -1.12. The molecule has 3 aromatic carbocycles. The Morgan fingerprint density at radius 2 is 1.48 bits per heavy atom. The van der Waals surface area contributed by atoms with Crippen LogP contribution in [0.4, 0.5) is 0 Å². The molecule has 1 N–H and O–H groups in total. The highest BCUT2D eigenvalue weighted by Crippen LogP contribution is 2.23. The SMILES string of the molecule is CCCCOc1ccc(OC(=Cc2ccc(-c3ccccc3)cc2)C(=O)O)cc1. The monoisotopic (exact) mass is 388 g/mol. The Morgan fingerprint density at radius 3 is 2.10 bits per heavy atom. The first-order chi connectivity index (χ1) is 14.2. The number of unbranched alkanes of at least 4 members (excludes halogenated alkanes) is 1. The van der Waals surface area contributed by atoms with Crippen molar-refractivity contribution in [1.29, 1.82) is 0 Å². The summed E-state index contributed by atoms with van der Waals surface area (Å²) in [6.45, 7) is 2.77. The van der Waals surface area contributed by atoms with E-state index in [-0.39, 0.29) is 5.76 Å². The van der Waals surface area contributed by atoms with Crippen LogP contribution in [0.15, 0.2) is 84.6 Å². The minimum Gasteiger partial charge on any atom is -0.494 e. The Hall–Kier alpha value is -3.53. The van der Waals surface area contributed by atoms with Crippen LogP contribution in [0.5, 0.6) is 11.5 Å². The molecule has 0 aliphatic rings. The summed E-state index contributed by atoms with van der Waals surface area (Å²) < 4.78 is 11.2. The maximum Gasteiger partial charge on any atom is 0.371 e.